The minimum Gasteiger partial charge on any atom is -0.477 e. The molecule has 9 heteroatoms. The maximum Gasteiger partial charge on any atom is 0.352 e. The van der Waals surface area contributed by atoms with Gasteiger partial charge in [0.2, 0.25) is 15.9 Å². The van der Waals surface area contributed by atoms with Crippen LogP contribution in [0.1, 0.15) is 29.8 Å². The van der Waals surface area contributed by atoms with E-state index in [1.807, 2.05) is 0 Å². The van der Waals surface area contributed by atoms with Crippen LogP contribution in [0, 0.1) is 0 Å². The van der Waals surface area contributed by atoms with E-state index in [0.717, 1.165) is 31.5 Å². The first-order valence-corrected chi connectivity index (χ1v) is 8.07. The van der Waals surface area contributed by atoms with Gasteiger partial charge in [0.1, 0.15) is 10.6 Å². The van der Waals surface area contributed by atoms with Crippen LogP contribution in [0.15, 0.2) is 17.2 Å². The standard InChI is InChI=1S/C12H17N3O5S/c16-11(15-4-2-1-3-5-15)8-14-21(19,20)9-6-10(12(17)18)13-7-9/h6-7,13-14H,1-5,8H2,(H,17,18). The zero-order valence-electron chi connectivity index (χ0n) is 11.3. The van der Waals surface area contributed by atoms with Gasteiger partial charge in [-0.2, -0.15) is 0 Å². The quantitative estimate of drug-likeness (QED) is 0.706. The van der Waals surface area contributed by atoms with Gasteiger partial charge in [0.25, 0.3) is 0 Å². The highest BCUT2D eigenvalue weighted by atomic mass is 32.2. The highest BCUT2D eigenvalue weighted by molar-refractivity contribution is 7.89. The van der Waals surface area contributed by atoms with Gasteiger partial charge < -0.3 is 15.0 Å². The topological polar surface area (TPSA) is 120 Å². The molecule has 21 heavy (non-hydrogen) atoms. The number of aromatic carboxylic acids is 1. The molecule has 0 unspecified atom stereocenters. The van der Waals surface area contributed by atoms with Crippen molar-refractivity contribution in [3.05, 3.63) is 18.0 Å². The molecule has 0 radical (unpaired) electrons. The number of aromatic nitrogens is 1. The number of hydrogen-bond acceptors (Lipinski definition) is 4. The Balaban J connectivity index is 1.97. The second-order valence-corrected chi connectivity index (χ2v) is 6.59. The summed E-state index contributed by atoms with van der Waals surface area (Å²) in [6.45, 7) is 0.970. The zero-order valence-corrected chi connectivity index (χ0v) is 12.1. The highest BCUT2D eigenvalue weighted by Gasteiger charge is 2.22. The van der Waals surface area contributed by atoms with E-state index in [2.05, 4.69) is 9.71 Å². The molecule has 0 saturated carbocycles. The summed E-state index contributed by atoms with van der Waals surface area (Å²) in [5, 5.41) is 8.74. The lowest BCUT2D eigenvalue weighted by molar-refractivity contribution is -0.130. The van der Waals surface area contributed by atoms with Crippen molar-refractivity contribution >= 4 is 21.9 Å². The van der Waals surface area contributed by atoms with E-state index < -0.39 is 16.0 Å². The summed E-state index contributed by atoms with van der Waals surface area (Å²) in [4.78, 5) is 26.4. The number of carbonyl (C=O) groups is 2. The summed E-state index contributed by atoms with van der Waals surface area (Å²) >= 11 is 0. The van der Waals surface area contributed by atoms with Crippen LogP contribution in [-0.4, -0.2) is 54.9 Å². The Morgan fingerprint density at radius 1 is 1.29 bits per heavy atom. The van der Waals surface area contributed by atoms with Crippen molar-refractivity contribution in [1.82, 2.24) is 14.6 Å². The first kappa shape index (κ1) is 15.5. The van der Waals surface area contributed by atoms with Gasteiger partial charge in [0.15, 0.2) is 0 Å². The summed E-state index contributed by atoms with van der Waals surface area (Å²) in [6.07, 6.45) is 4.02. The summed E-state index contributed by atoms with van der Waals surface area (Å²) in [7, 11) is -3.90. The molecule has 1 fully saturated rings. The Morgan fingerprint density at radius 3 is 2.52 bits per heavy atom. The smallest absolute Gasteiger partial charge is 0.352 e. The van der Waals surface area contributed by atoms with Crippen LogP contribution in [0.2, 0.25) is 0 Å². The van der Waals surface area contributed by atoms with Crippen molar-refractivity contribution < 1.29 is 23.1 Å². The first-order valence-electron chi connectivity index (χ1n) is 6.59. The predicted octanol–water partition coefficient (Wildman–Crippen LogP) is 0.00370. The number of nitrogens with one attached hydrogen (secondary N) is 2. The number of aromatic amines is 1. The molecule has 1 aromatic rings. The van der Waals surface area contributed by atoms with Crippen LogP contribution >= 0.6 is 0 Å². The Kier molecular flexibility index (Phi) is 4.63. The number of amides is 1. The van der Waals surface area contributed by atoms with E-state index in [0.29, 0.717) is 13.1 Å². The van der Waals surface area contributed by atoms with Crippen LogP contribution in [0.3, 0.4) is 0 Å². The van der Waals surface area contributed by atoms with Gasteiger partial charge >= 0.3 is 5.97 Å². The lowest BCUT2D eigenvalue weighted by Gasteiger charge is -2.26. The number of carboxylic acids is 1. The number of H-pyrrole nitrogens is 1. The molecule has 0 atom stereocenters. The second kappa shape index (κ2) is 6.27. The minimum atomic E-state index is -3.90. The van der Waals surface area contributed by atoms with Gasteiger partial charge in [-0.15, -0.1) is 0 Å². The van der Waals surface area contributed by atoms with Crippen LogP contribution in [-0.2, 0) is 14.8 Å². The third-order valence-corrected chi connectivity index (χ3v) is 4.70. The van der Waals surface area contributed by atoms with Crippen molar-refractivity contribution in [2.45, 2.75) is 24.2 Å². The maximum atomic E-state index is 12.0. The molecule has 0 bridgehead atoms. The molecule has 0 spiro atoms. The molecule has 1 aliphatic heterocycles. The van der Waals surface area contributed by atoms with Crippen LogP contribution in [0.4, 0.5) is 0 Å². The third kappa shape index (κ3) is 3.82. The molecule has 1 aromatic heterocycles. The number of likely N-dealkylation sites (tertiary alicyclic amines) is 1. The van der Waals surface area contributed by atoms with Gasteiger partial charge in [0.05, 0.1) is 6.54 Å². The van der Waals surface area contributed by atoms with E-state index in [4.69, 9.17) is 5.11 Å². The van der Waals surface area contributed by atoms with Gasteiger partial charge in [-0.3, -0.25) is 4.79 Å². The van der Waals surface area contributed by atoms with Crippen molar-refractivity contribution in [1.29, 1.82) is 0 Å². The van der Waals surface area contributed by atoms with Crippen LogP contribution in [0.25, 0.3) is 0 Å². The fraction of sp³-hybridized carbons (Fsp3) is 0.500. The molecular weight excluding hydrogens is 298 g/mol. The predicted molar refractivity (Wildman–Crippen MR) is 73.4 cm³/mol. The molecule has 0 aromatic carbocycles. The number of carbonyl (C=O) groups excluding carboxylic acids is 1. The van der Waals surface area contributed by atoms with Crippen molar-refractivity contribution in [3.8, 4) is 0 Å². The largest absolute Gasteiger partial charge is 0.477 e. The van der Waals surface area contributed by atoms with E-state index >= 15 is 0 Å². The molecule has 3 N–H and O–H groups in total. The molecule has 2 rings (SSSR count). The number of carboxylic acid groups (broad SMARTS) is 1. The van der Waals surface area contributed by atoms with Gasteiger partial charge in [-0.1, -0.05) is 0 Å². The Bertz CT molecular complexity index is 631. The molecule has 1 amide bonds. The van der Waals surface area contributed by atoms with Crippen LogP contribution in [0.5, 0.6) is 0 Å². The monoisotopic (exact) mass is 315 g/mol. The van der Waals surface area contributed by atoms with Crippen LogP contribution < -0.4 is 4.72 Å². The third-order valence-electron chi connectivity index (χ3n) is 3.32. The minimum absolute atomic E-state index is 0.202. The van der Waals surface area contributed by atoms with E-state index in [9.17, 15) is 18.0 Å². The lowest BCUT2D eigenvalue weighted by Crippen LogP contribution is -2.42. The molecule has 1 saturated heterocycles. The second-order valence-electron chi connectivity index (χ2n) is 4.82. The van der Waals surface area contributed by atoms with Crippen molar-refractivity contribution in [2.75, 3.05) is 19.6 Å². The SMILES string of the molecule is O=C(O)c1cc(S(=O)(=O)NCC(=O)N2CCCCC2)c[nH]1. The number of rotatable bonds is 5. The van der Waals surface area contributed by atoms with E-state index in [1.165, 1.54) is 0 Å². The fourth-order valence-corrected chi connectivity index (χ4v) is 3.12. The van der Waals surface area contributed by atoms with E-state index in [1.54, 1.807) is 4.90 Å². The van der Waals surface area contributed by atoms with Gasteiger partial charge in [-0.05, 0) is 25.3 Å². The average Bonchev–Trinajstić information content (AvgIpc) is 2.97. The Morgan fingerprint density at radius 2 is 1.95 bits per heavy atom. The average molecular weight is 315 g/mol. The fourth-order valence-electron chi connectivity index (χ4n) is 2.15. The van der Waals surface area contributed by atoms with E-state index in [-0.39, 0.29) is 23.0 Å². The number of piperidine rings is 1. The summed E-state index contributed by atoms with van der Waals surface area (Å²) in [5.74, 6) is -1.52. The van der Waals surface area contributed by atoms with Gasteiger partial charge in [0, 0.05) is 19.3 Å². The van der Waals surface area contributed by atoms with Crippen molar-refractivity contribution in [3.63, 3.8) is 0 Å². The first-order chi connectivity index (χ1) is 9.90. The molecular formula is C12H17N3O5S. The summed E-state index contributed by atoms with van der Waals surface area (Å²) in [5.41, 5.74) is -0.224. The Labute approximate surface area is 122 Å². The molecule has 1 aliphatic rings. The Hall–Kier alpha value is -1.87. The molecule has 2 heterocycles. The van der Waals surface area contributed by atoms with Crippen molar-refractivity contribution in [2.24, 2.45) is 0 Å². The molecule has 116 valence electrons. The number of sulfonamides is 1. The highest BCUT2D eigenvalue weighted by Crippen LogP contribution is 2.11. The zero-order chi connectivity index (χ0) is 15.5. The normalized spacial score (nSPS) is 15.9. The summed E-state index contributed by atoms with van der Waals surface area (Å²) < 4.78 is 26.1. The molecule has 0 aliphatic carbocycles. The summed E-state index contributed by atoms with van der Waals surface area (Å²) in [6, 6.07) is 1.01. The lowest BCUT2D eigenvalue weighted by atomic mass is 10.1. The number of hydrogen-bond donors (Lipinski definition) is 3. The number of nitrogens with zero attached hydrogens (tertiary/aromatic N) is 1. The van der Waals surface area contributed by atoms with Gasteiger partial charge in [-0.25, -0.2) is 17.9 Å². The molecule has 8 nitrogen and oxygen atoms in total. The maximum absolute atomic E-state index is 12.0.